The van der Waals surface area contributed by atoms with Crippen LogP contribution in [0, 0.1) is 0 Å². The molecule has 2 unspecified atom stereocenters. The van der Waals surface area contributed by atoms with Crippen molar-refractivity contribution in [2.45, 2.75) is 58.3 Å². The minimum atomic E-state index is -0.517. The number of aromatic amines is 1. The molecular weight excluding hydrogens is 466 g/mol. The molecule has 2 N–H and O–H groups in total. The van der Waals surface area contributed by atoms with E-state index in [-0.39, 0.29) is 24.4 Å². The molecular formula is C24H39N7O5. The zero-order valence-electron chi connectivity index (χ0n) is 22.3. The molecule has 0 spiro atoms. The molecule has 0 radical (unpaired) electrons. The lowest BCUT2D eigenvalue weighted by Crippen LogP contribution is -2.35. The van der Waals surface area contributed by atoms with Gasteiger partial charge in [0.15, 0.2) is 23.8 Å². The second-order valence-electron chi connectivity index (χ2n) is 7.83. The molecule has 1 aromatic carbocycles. The second kappa shape index (κ2) is 15.3. The maximum Gasteiger partial charge on any atom is 0.182 e. The summed E-state index contributed by atoms with van der Waals surface area (Å²) >= 11 is 0. The largest absolute Gasteiger partial charge is 0.374 e. The van der Waals surface area contributed by atoms with Gasteiger partial charge in [0, 0.05) is 35.0 Å². The first kappa shape index (κ1) is 29.3. The second-order valence-corrected chi connectivity index (χ2v) is 7.83. The zero-order chi connectivity index (χ0) is 26.5. The van der Waals surface area contributed by atoms with Gasteiger partial charge in [-0.2, -0.15) is 5.10 Å². The molecule has 12 heteroatoms. The normalized spacial score (nSPS) is 14.6. The first-order valence-electron chi connectivity index (χ1n) is 11.8. The molecule has 36 heavy (non-hydrogen) atoms. The Labute approximate surface area is 212 Å². The average molecular weight is 506 g/mol. The summed E-state index contributed by atoms with van der Waals surface area (Å²) in [4.78, 5) is 3.94. The van der Waals surface area contributed by atoms with Gasteiger partial charge >= 0.3 is 0 Å². The Kier molecular flexibility index (Phi) is 12.4. The first-order chi connectivity index (χ1) is 17.4. The van der Waals surface area contributed by atoms with E-state index in [9.17, 15) is 0 Å². The minimum Gasteiger partial charge on any atom is -0.374 e. The van der Waals surface area contributed by atoms with E-state index in [1.165, 1.54) is 6.33 Å². The number of ether oxygens (including phenoxy) is 5. The average Bonchev–Trinajstić information content (AvgIpc) is 3.60. The molecule has 0 amide bonds. The summed E-state index contributed by atoms with van der Waals surface area (Å²) in [6.07, 6.45) is 0.467. The van der Waals surface area contributed by atoms with Crippen molar-refractivity contribution in [2.75, 3.05) is 40.5 Å². The van der Waals surface area contributed by atoms with Crippen molar-refractivity contribution >= 4 is 0 Å². The Morgan fingerprint density at radius 3 is 1.89 bits per heavy atom. The Morgan fingerprint density at radius 1 is 0.861 bits per heavy atom. The van der Waals surface area contributed by atoms with Gasteiger partial charge in [-0.05, 0) is 33.3 Å². The van der Waals surface area contributed by atoms with Crippen LogP contribution >= 0.6 is 0 Å². The number of rotatable bonds is 13. The van der Waals surface area contributed by atoms with Gasteiger partial charge in [-0.25, -0.2) is 9.66 Å². The van der Waals surface area contributed by atoms with Crippen molar-refractivity contribution < 1.29 is 23.7 Å². The minimum absolute atomic E-state index is 0.0208. The van der Waals surface area contributed by atoms with Crippen LogP contribution in [0.2, 0.25) is 0 Å². The predicted octanol–water partition coefficient (Wildman–Crippen LogP) is 3.50. The Bertz CT molecular complexity index is 939. The fraction of sp³-hybridized carbons (Fsp3) is 0.583. The molecule has 3 rings (SSSR count). The summed E-state index contributed by atoms with van der Waals surface area (Å²) in [5.74, 6) is 2.05. The molecule has 0 fully saturated rings. The molecule has 3 aromatic rings. The van der Waals surface area contributed by atoms with Crippen LogP contribution in [0.25, 0.3) is 0 Å². The summed E-state index contributed by atoms with van der Waals surface area (Å²) < 4.78 is 29.0. The van der Waals surface area contributed by atoms with Crippen LogP contribution in [0.4, 0.5) is 0 Å². The molecule has 0 saturated carbocycles. The molecule has 2 heterocycles. The fourth-order valence-corrected chi connectivity index (χ4v) is 3.38. The van der Waals surface area contributed by atoms with E-state index in [1.807, 2.05) is 58.0 Å². The Hall–Kier alpha value is -2.90. The number of H-pyrrole nitrogens is 1. The molecule has 0 aliphatic heterocycles. The van der Waals surface area contributed by atoms with Crippen molar-refractivity contribution in [2.24, 2.45) is 0 Å². The van der Waals surface area contributed by atoms with Gasteiger partial charge < -0.3 is 29.1 Å². The van der Waals surface area contributed by atoms with Crippen LogP contribution in [0.3, 0.4) is 0 Å². The number of nitrogens with zero attached hydrogens (tertiary/aromatic N) is 5. The third-order valence-electron chi connectivity index (χ3n) is 5.55. The van der Waals surface area contributed by atoms with Crippen molar-refractivity contribution in [1.82, 2.24) is 30.1 Å². The predicted molar refractivity (Wildman–Crippen MR) is 134 cm³/mol. The van der Waals surface area contributed by atoms with E-state index in [0.717, 1.165) is 11.4 Å². The van der Waals surface area contributed by atoms with Gasteiger partial charge in [-0.1, -0.05) is 30.3 Å². The third kappa shape index (κ3) is 7.80. The Morgan fingerprint density at radius 2 is 1.44 bits per heavy atom. The monoisotopic (exact) mass is 505 g/mol. The molecule has 0 aliphatic carbocycles. The number of benzene rings is 1. The highest BCUT2D eigenvalue weighted by atomic mass is 16.7. The summed E-state index contributed by atoms with van der Waals surface area (Å²) in [6.45, 7) is 8.40. The fourth-order valence-electron chi connectivity index (χ4n) is 3.38. The van der Waals surface area contributed by atoms with E-state index >= 15 is 0 Å². The molecule has 4 atom stereocenters. The summed E-state index contributed by atoms with van der Waals surface area (Å²) in [6, 6.07) is 9.61. The topological polar surface area (TPSA) is 130 Å². The van der Waals surface area contributed by atoms with Crippen LogP contribution in [0.15, 0.2) is 36.7 Å². The summed E-state index contributed by atoms with van der Waals surface area (Å²) in [5.41, 5.74) is 4.43. The van der Waals surface area contributed by atoms with Crippen molar-refractivity contribution in [3.63, 3.8) is 0 Å². The van der Waals surface area contributed by atoms with E-state index in [2.05, 4.69) is 30.8 Å². The van der Waals surface area contributed by atoms with Gasteiger partial charge in [0.2, 0.25) is 0 Å². The lowest BCUT2D eigenvalue weighted by Gasteiger charge is -2.29. The Balaban J connectivity index is 0.000000380. The maximum atomic E-state index is 5.52. The van der Waals surface area contributed by atoms with Crippen LogP contribution < -0.4 is 5.43 Å². The lowest BCUT2D eigenvalue weighted by molar-refractivity contribution is -0.115. The molecule has 0 bridgehead atoms. The molecule has 12 nitrogen and oxygen atoms in total. The highest BCUT2D eigenvalue weighted by molar-refractivity contribution is 5.23. The standard InChI is InChI=1S/C18H28N4O4.C6H11N3O/c1-12(23-3)16-19-20-17(13(2)24-4)22(16)21-15(18(25-5)26-6)14-10-8-7-9-11-14;1-3-10-5(2)6-7-4-8-9-6/h7-13,15,18,21H,1-6H3;4-5H,3H2,1-2H3,(H,7,8,9)/t12-,13-,15?;/m0./s1. The lowest BCUT2D eigenvalue weighted by atomic mass is 10.1. The van der Waals surface area contributed by atoms with Crippen LogP contribution in [-0.2, 0) is 23.7 Å². The van der Waals surface area contributed by atoms with Crippen molar-refractivity contribution in [1.29, 1.82) is 0 Å². The zero-order valence-corrected chi connectivity index (χ0v) is 22.3. The van der Waals surface area contributed by atoms with Crippen molar-refractivity contribution in [3.8, 4) is 0 Å². The molecule has 0 saturated heterocycles. The van der Waals surface area contributed by atoms with Gasteiger partial charge in [0.1, 0.15) is 30.7 Å². The highest BCUT2D eigenvalue weighted by Crippen LogP contribution is 2.25. The number of hydrogen-bond donors (Lipinski definition) is 2. The van der Waals surface area contributed by atoms with Gasteiger partial charge in [-0.15, -0.1) is 10.2 Å². The maximum absolute atomic E-state index is 5.52. The van der Waals surface area contributed by atoms with E-state index in [0.29, 0.717) is 18.3 Å². The van der Waals surface area contributed by atoms with E-state index in [4.69, 9.17) is 23.7 Å². The smallest absolute Gasteiger partial charge is 0.182 e. The summed E-state index contributed by atoms with van der Waals surface area (Å²) in [7, 11) is 6.47. The number of aromatic nitrogens is 6. The quantitative estimate of drug-likeness (QED) is 0.333. The first-order valence-corrected chi connectivity index (χ1v) is 11.8. The molecule has 200 valence electrons. The van der Waals surface area contributed by atoms with Crippen LogP contribution in [-0.4, -0.2) is 71.4 Å². The van der Waals surface area contributed by atoms with E-state index in [1.54, 1.807) is 33.1 Å². The van der Waals surface area contributed by atoms with Gasteiger partial charge in [-0.3, -0.25) is 5.10 Å². The number of hydrogen-bond acceptors (Lipinski definition) is 10. The van der Waals surface area contributed by atoms with Gasteiger partial charge in [0.05, 0.1) is 0 Å². The molecule has 0 aliphatic rings. The number of nitrogens with one attached hydrogen (secondary N) is 2. The van der Waals surface area contributed by atoms with Crippen molar-refractivity contribution in [3.05, 3.63) is 59.7 Å². The molecule has 2 aromatic heterocycles. The van der Waals surface area contributed by atoms with E-state index < -0.39 is 6.29 Å². The highest BCUT2D eigenvalue weighted by Gasteiger charge is 2.28. The summed E-state index contributed by atoms with van der Waals surface area (Å²) in [5, 5.41) is 15.0. The third-order valence-corrected chi connectivity index (χ3v) is 5.55. The van der Waals surface area contributed by atoms with Gasteiger partial charge in [0.25, 0.3) is 0 Å². The van der Waals surface area contributed by atoms with Crippen LogP contribution in [0.1, 0.15) is 75.1 Å². The SMILES string of the molecule is CCOC(C)c1ncn[nH]1.COC(OC)C(Nn1c([C@H](C)OC)nnc1[C@H](C)OC)c1ccccc1. The van der Waals surface area contributed by atoms with Crippen LogP contribution in [0.5, 0.6) is 0 Å². The number of methoxy groups -OCH3 is 4.